The molecule has 0 unspecified atom stereocenters. The Morgan fingerprint density at radius 1 is 1.05 bits per heavy atom. The molecule has 2 aromatic rings. The molecule has 0 saturated carbocycles. The predicted molar refractivity (Wildman–Crippen MR) is 144 cm³/mol. The third-order valence-electron chi connectivity index (χ3n) is 5.62. The quantitative estimate of drug-likeness (QED) is 0.155. The summed E-state index contributed by atoms with van der Waals surface area (Å²) in [5.41, 5.74) is 0.0320. The first-order valence-electron chi connectivity index (χ1n) is 12.0. The van der Waals surface area contributed by atoms with Crippen LogP contribution in [0.5, 0.6) is 0 Å². The average molecular weight is 560 g/mol. The van der Waals surface area contributed by atoms with E-state index in [1.165, 1.54) is 24.3 Å². The summed E-state index contributed by atoms with van der Waals surface area (Å²) in [5, 5.41) is 0.00526. The van der Waals surface area contributed by atoms with Crippen molar-refractivity contribution in [3.63, 3.8) is 0 Å². The number of amides is 2. The molecule has 1 aliphatic carbocycles. The highest BCUT2D eigenvalue weighted by atomic mass is 35.5. The van der Waals surface area contributed by atoms with Crippen LogP contribution >= 0.6 is 23.4 Å². The Hall–Kier alpha value is -3.43. The van der Waals surface area contributed by atoms with Crippen LogP contribution in [0.3, 0.4) is 0 Å². The van der Waals surface area contributed by atoms with Gasteiger partial charge in [0.1, 0.15) is 12.4 Å². The third-order valence-corrected chi connectivity index (χ3v) is 7.08. The second-order valence-electron chi connectivity index (χ2n) is 8.19. The zero-order chi connectivity index (χ0) is 27.7. The molecule has 7 nitrogen and oxygen atoms in total. The summed E-state index contributed by atoms with van der Waals surface area (Å²) in [6.07, 6.45) is 3.18. The molecule has 3 rings (SSSR count). The van der Waals surface area contributed by atoms with Crippen LogP contribution in [0.25, 0.3) is 0 Å². The van der Waals surface area contributed by atoms with E-state index in [0.717, 1.165) is 22.7 Å². The van der Waals surface area contributed by atoms with Gasteiger partial charge in [-0.3, -0.25) is 14.4 Å². The van der Waals surface area contributed by atoms with Gasteiger partial charge in [0.25, 0.3) is 11.8 Å². The lowest BCUT2D eigenvalue weighted by Crippen LogP contribution is -2.40. The number of nitrogens with zero attached hydrogens (tertiary/aromatic N) is 1. The maximum Gasteiger partial charge on any atom is 0.334 e. The number of esters is 2. The van der Waals surface area contributed by atoms with Gasteiger partial charge in [-0.25, -0.2) is 14.1 Å². The number of imide groups is 1. The number of benzene rings is 2. The molecule has 0 bridgehead atoms. The van der Waals surface area contributed by atoms with E-state index in [0.29, 0.717) is 12.8 Å². The highest BCUT2D eigenvalue weighted by Crippen LogP contribution is 2.36. The van der Waals surface area contributed by atoms with E-state index < -0.39 is 29.6 Å². The van der Waals surface area contributed by atoms with Crippen molar-refractivity contribution in [2.45, 2.75) is 37.5 Å². The third kappa shape index (κ3) is 7.11. The number of hydrogen-bond acceptors (Lipinski definition) is 7. The highest BCUT2D eigenvalue weighted by molar-refractivity contribution is 8.00. The van der Waals surface area contributed by atoms with Crippen LogP contribution in [-0.2, 0) is 23.9 Å². The topological polar surface area (TPSA) is 90.0 Å². The Labute approximate surface area is 229 Å². The monoisotopic (exact) mass is 559 g/mol. The van der Waals surface area contributed by atoms with Gasteiger partial charge in [0.05, 0.1) is 23.1 Å². The van der Waals surface area contributed by atoms with Crippen LogP contribution in [0.2, 0.25) is 5.02 Å². The van der Waals surface area contributed by atoms with Crippen molar-refractivity contribution >= 4 is 52.8 Å². The van der Waals surface area contributed by atoms with Crippen molar-refractivity contribution in [2.24, 2.45) is 0 Å². The first-order chi connectivity index (χ1) is 18.3. The molecule has 0 heterocycles. The largest absolute Gasteiger partial charge is 0.465 e. The molecular formula is C28H27ClFNO6S. The fourth-order valence-electron chi connectivity index (χ4n) is 3.88. The maximum atomic E-state index is 15.4. The lowest BCUT2D eigenvalue weighted by Gasteiger charge is -2.26. The lowest BCUT2D eigenvalue weighted by atomic mass is 9.90. The van der Waals surface area contributed by atoms with E-state index >= 15 is 4.39 Å². The Morgan fingerprint density at radius 2 is 1.74 bits per heavy atom. The molecule has 0 aromatic heterocycles. The average Bonchev–Trinajstić information content (AvgIpc) is 2.92. The van der Waals surface area contributed by atoms with E-state index in [1.807, 2.05) is 0 Å². The predicted octanol–water partition coefficient (Wildman–Crippen LogP) is 5.91. The van der Waals surface area contributed by atoms with Crippen molar-refractivity contribution < 1.29 is 33.0 Å². The molecule has 2 amide bonds. The van der Waals surface area contributed by atoms with Crippen LogP contribution in [0.15, 0.2) is 71.2 Å². The molecule has 0 radical (unpaired) electrons. The Morgan fingerprint density at radius 3 is 2.39 bits per heavy atom. The first kappa shape index (κ1) is 29.1. The fourth-order valence-corrected chi connectivity index (χ4v) is 4.95. The van der Waals surface area contributed by atoms with Crippen LogP contribution in [0.4, 0.5) is 10.1 Å². The van der Waals surface area contributed by atoms with Gasteiger partial charge in [0.15, 0.2) is 0 Å². The minimum Gasteiger partial charge on any atom is -0.465 e. The van der Waals surface area contributed by atoms with Gasteiger partial charge >= 0.3 is 11.9 Å². The van der Waals surface area contributed by atoms with Crippen molar-refractivity contribution in [2.75, 3.05) is 23.9 Å². The van der Waals surface area contributed by atoms with E-state index in [9.17, 15) is 19.2 Å². The summed E-state index contributed by atoms with van der Waals surface area (Å²) in [5.74, 6) is -3.81. The molecular weight excluding hydrogens is 533 g/mol. The molecule has 1 aliphatic rings. The molecule has 200 valence electrons. The van der Waals surface area contributed by atoms with E-state index in [4.69, 9.17) is 21.1 Å². The molecule has 0 N–H and O–H groups in total. The molecule has 0 aliphatic heterocycles. The SMILES string of the molecule is C=CCOC(=O)C1=C(C(=O)N(C(=O)c2ccccc2)c2cc(SCC(=O)OCC)c(Cl)cc2F)CCCC1. The van der Waals surface area contributed by atoms with Crippen LogP contribution in [0, 0.1) is 5.82 Å². The Kier molecular flexibility index (Phi) is 10.7. The summed E-state index contributed by atoms with van der Waals surface area (Å²) < 4.78 is 25.5. The number of thioether (sulfide) groups is 1. The Bertz CT molecular complexity index is 1260. The van der Waals surface area contributed by atoms with Crippen LogP contribution in [0.1, 0.15) is 43.0 Å². The van der Waals surface area contributed by atoms with Crippen LogP contribution in [-0.4, -0.2) is 42.7 Å². The number of carbonyl (C=O) groups excluding carboxylic acids is 4. The molecule has 0 atom stereocenters. The minimum atomic E-state index is -0.916. The van der Waals surface area contributed by atoms with E-state index in [1.54, 1.807) is 25.1 Å². The molecule has 2 aromatic carbocycles. The number of carbonyl (C=O) groups is 4. The van der Waals surface area contributed by atoms with Crippen LogP contribution < -0.4 is 4.90 Å². The summed E-state index contributed by atoms with van der Waals surface area (Å²) in [4.78, 5) is 53.2. The molecule has 10 heteroatoms. The fraction of sp³-hybridized carbons (Fsp3) is 0.286. The molecule has 38 heavy (non-hydrogen) atoms. The smallest absolute Gasteiger partial charge is 0.334 e. The standard InChI is InChI=1S/C28H27ClFNO6S/c1-3-14-37-28(35)20-13-9-8-12-19(20)27(34)31(26(33)18-10-6-5-7-11-18)23-16-24(21(29)15-22(23)30)38-17-25(32)36-4-2/h3,5-7,10-11,15-16H,1,4,8-9,12-14,17H2,2H3. The van der Waals surface area contributed by atoms with Crippen molar-refractivity contribution in [3.05, 3.63) is 82.7 Å². The van der Waals surface area contributed by atoms with Crippen molar-refractivity contribution in [3.8, 4) is 0 Å². The summed E-state index contributed by atoms with van der Waals surface area (Å²) in [7, 11) is 0. The van der Waals surface area contributed by atoms with Gasteiger partial charge in [-0.1, -0.05) is 42.5 Å². The summed E-state index contributed by atoms with van der Waals surface area (Å²) in [6.45, 7) is 5.35. The minimum absolute atomic E-state index is 0.00526. The number of rotatable bonds is 10. The normalized spacial score (nSPS) is 13.0. The van der Waals surface area contributed by atoms with E-state index in [2.05, 4.69) is 6.58 Å². The maximum absolute atomic E-state index is 15.4. The second kappa shape index (κ2) is 13.9. The molecule has 0 spiro atoms. The lowest BCUT2D eigenvalue weighted by molar-refractivity contribution is -0.140. The summed E-state index contributed by atoms with van der Waals surface area (Å²) >= 11 is 7.21. The van der Waals surface area contributed by atoms with Gasteiger partial charge in [-0.05, 0) is 56.9 Å². The second-order valence-corrected chi connectivity index (χ2v) is 9.62. The van der Waals surface area contributed by atoms with Gasteiger partial charge in [0.2, 0.25) is 0 Å². The first-order valence-corrected chi connectivity index (χ1v) is 13.4. The molecule has 0 fully saturated rings. The van der Waals surface area contributed by atoms with Gasteiger partial charge in [0, 0.05) is 21.6 Å². The van der Waals surface area contributed by atoms with Gasteiger partial charge < -0.3 is 9.47 Å². The van der Waals surface area contributed by atoms with Crippen molar-refractivity contribution in [1.29, 1.82) is 0 Å². The van der Waals surface area contributed by atoms with Gasteiger partial charge in [-0.15, -0.1) is 11.8 Å². The zero-order valence-corrected chi connectivity index (χ0v) is 22.4. The number of hydrogen-bond donors (Lipinski definition) is 0. The number of ether oxygens (including phenoxy) is 2. The van der Waals surface area contributed by atoms with Crippen molar-refractivity contribution in [1.82, 2.24) is 0 Å². The zero-order valence-electron chi connectivity index (χ0n) is 20.8. The summed E-state index contributed by atoms with van der Waals surface area (Å²) in [6, 6.07) is 10.2. The Balaban J connectivity index is 2.11. The van der Waals surface area contributed by atoms with E-state index in [-0.39, 0.29) is 64.1 Å². The number of anilines is 1. The number of halogens is 2. The van der Waals surface area contributed by atoms with Gasteiger partial charge in [-0.2, -0.15) is 0 Å². The molecule has 0 saturated heterocycles. The highest BCUT2D eigenvalue weighted by Gasteiger charge is 2.34.